The molecule has 0 bridgehead atoms. The zero-order valence-corrected chi connectivity index (χ0v) is 9.02. The van der Waals surface area contributed by atoms with Gasteiger partial charge in [0.05, 0.1) is 23.3 Å². The zero-order chi connectivity index (χ0) is 9.97. The molecule has 0 spiro atoms. The van der Waals surface area contributed by atoms with Crippen LogP contribution in [-0.2, 0) is 9.47 Å². The molecule has 0 saturated carbocycles. The van der Waals surface area contributed by atoms with Crippen LogP contribution in [0.2, 0.25) is 10.0 Å². The van der Waals surface area contributed by atoms with E-state index in [1.54, 1.807) is 12.1 Å². The molecule has 2 rings (SSSR count). The first-order chi connectivity index (χ1) is 6.77. The van der Waals surface area contributed by atoms with Gasteiger partial charge in [0, 0.05) is 5.56 Å². The molecular formula is C10H10Cl2O2. The Morgan fingerprint density at radius 2 is 1.79 bits per heavy atom. The van der Waals surface area contributed by atoms with Crippen LogP contribution in [-0.4, -0.2) is 13.2 Å². The third-order valence-electron chi connectivity index (χ3n) is 2.04. The minimum Gasteiger partial charge on any atom is -0.348 e. The van der Waals surface area contributed by atoms with E-state index in [4.69, 9.17) is 32.7 Å². The van der Waals surface area contributed by atoms with Crippen LogP contribution in [0.25, 0.3) is 0 Å². The highest BCUT2D eigenvalue weighted by molar-refractivity contribution is 6.42. The lowest BCUT2D eigenvalue weighted by Crippen LogP contribution is -2.17. The summed E-state index contributed by atoms with van der Waals surface area (Å²) in [7, 11) is 0. The fourth-order valence-corrected chi connectivity index (χ4v) is 1.65. The molecule has 1 aromatic carbocycles. The van der Waals surface area contributed by atoms with Crippen LogP contribution in [0.4, 0.5) is 0 Å². The average molecular weight is 233 g/mol. The van der Waals surface area contributed by atoms with E-state index in [1.807, 2.05) is 6.07 Å². The standard InChI is InChI=1S/C10H10Cl2O2/c11-8-3-2-7(6-9(8)12)10-13-4-1-5-14-10/h2-3,6,10H,1,4-5H2. The quantitative estimate of drug-likeness (QED) is 0.739. The van der Waals surface area contributed by atoms with E-state index in [-0.39, 0.29) is 6.29 Å². The Kier molecular flexibility index (Phi) is 3.29. The Bertz CT molecular complexity index is 322. The highest BCUT2D eigenvalue weighted by Gasteiger charge is 2.17. The summed E-state index contributed by atoms with van der Waals surface area (Å²) in [6, 6.07) is 5.39. The van der Waals surface area contributed by atoms with Gasteiger partial charge < -0.3 is 9.47 Å². The zero-order valence-electron chi connectivity index (χ0n) is 7.50. The number of hydrogen-bond donors (Lipinski definition) is 0. The lowest BCUT2D eigenvalue weighted by Gasteiger charge is -2.23. The summed E-state index contributed by atoms with van der Waals surface area (Å²) < 4.78 is 10.9. The summed E-state index contributed by atoms with van der Waals surface area (Å²) >= 11 is 11.7. The molecular weight excluding hydrogens is 223 g/mol. The van der Waals surface area contributed by atoms with E-state index in [0.29, 0.717) is 10.0 Å². The molecule has 0 radical (unpaired) electrons. The summed E-state index contributed by atoms with van der Waals surface area (Å²) in [6.07, 6.45) is 0.649. The molecule has 1 aliphatic rings. The molecule has 0 unspecified atom stereocenters. The molecule has 1 saturated heterocycles. The molecule has 1 fully saturated rings. The monoisotopic (exact) mass is 232 g/mol. The fraction of sp³-hybridized carbons (Fsp3) is 0.400. The van der Waals surface area contributed by atoms with Gasteiger partial charge in [-0.3, -0.25) is 0 Å². The van der Waals surface area contributed by atoms with Crippen LogP contribution in [0.3, 0.4) is 0 Å². The molecule has 0 aromatic heterocycles. The van der Waals surface area contributed by atoms with Crippen LogP contribution in [0.5, 0.6) is 0 Å². The van der Waals surface area contributed by atoms with E-state index in [9.17, 15) is 0 Å². The second-order valence-electron chi connectivity index (χ2n) is 3.10. The lowest BCUT2D eigenvalue weighted by molar-refractivity contribution is -0.183. The Morgan fingerprint density at radius 1 is 1.07 bits per heavy atom. The van der Waals surface area contributed by atoms with Gasteiger partial charge in [0.15, 0.2) is 6.29 Å². The summed E-state index contributed by atoms with van der Waals surface area (Å²) in [4.78, 5) is 0. The first-order valence-corrected chi connectivity index (χ1v) is 5.21. The van der Waals surface area contributed by atoms with Gasteiger partial charge in [-0.1, -0.05) is 29.3 Å². The molecule has 0 N–H and O–H groups in total. The third-order valence-corrected chi connectivity index (χ3v) is 2.78. The van der Waals surface area contributed by atoms with Crippen molar-refractivity contribution in [1.29, 1.82) is 0 Å². The van der Waals surface area contributed by atoms with Gasteiger partial charge in [0.2, 0.25) is 0 Å². The molecule has 1 heterocycles. The van der Waals surface area contributed by atoms with Crippen molar-refractivity contribution in [2.45, 2.75) is 12.7 Å². The first kappa shape index (κ1) is 10.2. The highest BCUT2D eigenvalue weighted by Crippen LogP contribution is 2.29. The molecule has 2 nitrogen and oxygen atoms in total. The van der Waals surface area contributed by atoms with Crippen molar-refractivity contribution in [1.82, 2.24) is 0 Å². The van der Waals surface area contributed by atoms with Crippen molar-refractivity contribution < 1.29 is 9.47 Å². The second kappa shape index (κ2) is 4.49. The SMILES string of the molecule is Clc1ccc(C2OCCCO2)cc1Cl. The van der Waals surface area contributed by atoms with Crippen molar-refractivity contribution in [3.8, 4) is 0 Å². The van der Waals surface area contributed by atoms with E-state index in [1.165, 1.54) is 0 Å². The number of benzene rings is 1. The van der Waals surface area contributed by atoms with Gasteiger partial charge in [0.25, 0.3) is 0 Å². The van der Waals surface area contributed by atoms with Crippen LogP contribution in [0.15, 0.2) is 18.2 Å². The van der Waals surface area contributed by atoms with Gasteiger partial charge in [-0.05, 0) is 18.6 Å². The van der Waals surface area contributed by atoms with E-state index in [2.05, 4.69) is 0 Å². The fourth-order valence-electron chi connectivity index (χ4n) is 1.34. The second-order valence-corrected chi connectivity index (χ2v) is 3.92. The van der Waals surface area contributed by atoms with E-state index in [0.717, 1.165) is 25.2 Å². The summed E-state index contributed by atoms with van der Waals surface area (Å²) in [5.41, 5.74) is 0.916. The van der Waals surface area contributed by atoms with Gasteiger partial charge >= 0.3 is 0 Å². The molecule has 4 heteroatoms. The maximum Gasteiger partial charge on any atom is 0.183 e. The Labute approximate surface area is 92.7 Å². The van der Waals surface area contributed by atoms with Gasteiger partial charge in [-0.2, -0.15) is 0 Å². The molecule has 14 heavy (non-hydrogen) atoms. The number of hydrogen-bond acceptors (Lipinski definition) is 2. The maximum absolute atomic E-state index is 5.89. The predicted molar refractivity (Wildman–Crippen MR) is 55.7 cm³/mol. The minimum atomic E-state index is -0.293. The largest absolute Gasteiger partial charge is 0.348 e. The molecule has 0 aliphatic carbocycles. The van der Waals surface area contributed by atoms with Crippen molar-refractivity contribution >= 4 is 23.2 Å². The predicted octanol–water partition coefficient (Wildman–Crippen LogP) is 3.43. The summed E-state index contributed by atoms with van der Waals surface area (Å²) in [5, 5.41) is 1.08. The van der Waals surface area contributed by atoms with Crippen LogP contribution in [0, 0.1) is 0 Å². The summed E-state index contributed by atoms with van der Waals surface area (Å²) in [5.74, 6) is 0. The topological polar surface area (TPSA) is 18.5 Å². The molecule has 76 valence electrons. The van der Waals surface area contributed by atoms with Crippen molar-refractivity contribution in [3.63, 3.8) is 0 Å². The van der Waals surface area contributed by atoms with Crippen LogP contribution in [0.1, 0.15) is 18.3 Å². The molecule has 1 aliphatic heterocycles. The molecule has 1 aromatic rings. The number of ether oxygens (including phenoxy) is 2. The van der Waals surface area contributed by atoms with Crippen molar-refractivity contribution in [3.05, 3.63) is 33.8 Å². The maximum atomic E-state index is 5.89. The minimum absolute atomic E-state index is 0.293. The van der Waals surface area contributed by atoms with E-state index >= 15 is 0 Å². The lowest BCUT2D eigenvalue weighted by atomic mass is 10.2. The normalized spacial score (nSPS) is 18.4. The molecule has 0 amide bonds. The van der Waals surface area contributed by atoms with Gasteiger partial charge in [0.1, 0.15) is 0 Å². The van der Waals surface area contributed by atoms with E-state index < -0.39 is 0 Å². The Morgan fingerprint density at radius 3 is 2.43 bits per heavy atom. The number of halogens is 2. The molecule has 0 atom stereocenters. The Hall–Kier alpha value is -0.280. The first-order valence-electron chi connectivity index (χ1n) is 4.45. The van der Waals surface area contributed by atoms with Crippen LogP contribution < -0.4 is 0 Å². The van der Waals surface area contributed by atoms with Gasteiger partial charge in [-0.15, -0.1) is 0 Å². The average Bonchev–Trinajstić information content (AvgIpc) is 2.23. The van der Waals surface area contributed by atoms with Crippen molar-refractivity contribution in [2.75, 3.05) is 13.2 Å². The number of rotatable bonds is 1. The smallest absolute Gasteiger partial charge is 0.183 e. The van der Waals surface area contributed by atoms with Gasteiger partial charge in [-0.25, -0.2) is 0 Å². The third kappa shape index (κ3) is 2.20. The van der Waals surface area contributed by atoms with Crippen LogP contribution >= 0.6 is 23.2 Å². The Balaban J connectivity index is 2.18. The van der Waals surface area contributed by atoms with Crippen molar-refractivity contribution in [2.24, 2.45) is 0 Å². The summed E-state index contributed by atoms with van der Waals surface area (Å²) in [6.45, 7) is 1.45. The highest BCUT2D eigenvalue weighted by atomic mass is 35.5.